The first-order chi connectivity index (χ1) is 13.1. The standard InChI is InChI=1S/C18H22N4O4S/c1-3-4-10-19-17(25)21-15(23)12-26-16(24)14-11-20-18(27-2)22(14)13-8-6-5-7-9-13/h5-9,11H,3-4,10,12H2,1-2H3,(H2,19,21,23,25). The van der Waals surface area contributed by atoms with Gasteiger partial charge in [-0.1, -0.05) is 43.3 Å². The Morgan fingerprint density at radius 1 is 1.22 bits per heavy atom. The zero-order chi connectivity index (χ0) is 19.6. The molecule has 0 aliphatic carbocycles. The van der Waals surface area contributed by atoms with E-state index in [-0.39, 0.29) is 5.69 Å². The van der Waals surface area contributed by atoms with Gasteiger partial charge in [0.05, 0.1) is 6.20 Å². The number of unbranched alkanes of at least 4 members (excludes halogenated alkanes) is 1. The number of carbonyl (C=O) groups excluding carboxylic acids is 3. The van der Waals surface area contributed by atoms with Crippen LogP contribution in [0.5, 0.6) is 0 Å². The van der Waals surface area contributed by atoms with Gasteiger partial charge in [0.25, 0.3) is 5.91 Å². The average Bonchev–Trinajstić information content (AvgIpc) is 3.11. The van der Waals surface area contributed by atoms with Crippen LogP contribution in [0.4, 0.5) is 4.79 Å². The van der Waals surface area contributed by atoms with Crippen LogP contribution in [-0.4, -0.2) is 46.9 Å². The second-order valence-electron chi connectivity index (χ2n) is 5.53. The summed E-state index contributed by atoms with van der Waals surface area (Å²) in [5, 5.41) is 5.28. The van der Waals surface area contributed by atoms with Crippen molar-refractivity contribution in [3.05, 3.63) is 42.2 Å². The number of carbonyl (C=O) groups is 3. The summed E-state index contributed by atoms with van der Waals surface area (Å²) in [5.74, 6) is -1.40. The van der Waals surface area contributed by atoms with Crippen LogP contribution in [0.15, 0.2) is 41.7 Å². The number of nitrogens with one attached hydrogen (secondary N) is 2. The number of aromatic nitrogens is 2. The maximum absolute atomic E-state index is 12.4. The number of imide groups is 1. The molecule has 2 aromatic rings. The molecule has 9 heteroatoms. The molecule has 0 aliphatic heterocycles. The maximum Gasteiger partial charge on any atom is 0.357 e. The second kappa shape index (κ2) is 10.4. The van der Waals surface area contributed by atoms with Crippen molar-refractivity contribution in [2.45, 2.75) is 24.9 Å². The Kier molecular flexibility index (Phi) is 7.87. The number of esters is 1. The average molecular weight is 390 g/mol. The molecule has 1 heterocycles. The van der Waals surface area contributed by atoms with Crippen molar-refractivity contribution in [2.75, 3.05) is 19.4 Å². The number of ether oxygens (including phenoxy) is 1. The summed E-state index contributed by atoms with van der Waals surface area (Å²) < 4.78 is 6.69. The number of urea groups is 1. The lowest BCUT2D eigenvalue weighted by Gasteiger charge is -2.11. The lowest BCUT2D eigenvalue weighted by atomic mass is 10.3. The van der Waals surface area contributed by atoms with Gasteiger partial charge in [0, 0.05) is 12.2 Å². The minimum Gasteiger partial charge on any atom is -0.451 e. The molecule has 27 heavy (non-hydrogen) atoms. The second-order valence-corrected chi connectivity index (χ2v) is 6.31. The molecule has 3 amide bonds. The monoisotopic (exact) mass is 390 g/mol. The van der Waals surface area contributed by atoms with E-state index in [4.69, 9.17) is 4.74 Å². The lowest BCUT2D eigenvalue weighted by molar-refractivity contribution is -0.123. The first-order valence-corrected chi connectivity index (χ1v) is 9.71. The summed E-state index contributed by atoms with van der Waals surface area (Å²) in [7, 11) is 0. The fourth-order valence-corrected chi connectivity index (χ4v) is 2.78. The third-order valence-electron chi connectivity index (χ3n) is 3.54. The minimum atomic E-state index is -0.701. The normalized spacial score (nSPS) is 10.3. The van der Waals surface area contributed by atoms with E-state index < -0.39 is 24.5 Å². The third-order valence-corrected chi connectivity index (χ3v) is 4.19. The Labute approximate surface area is 161 Å². The Morgan fingerprint density at radius 2 is 1.96 bits per heavy atom. The van der Waals surface area contributed by atoms with Gasteiger partial charge in [0.1, 0.15) is 0 Å². The number of nitrogens with zero attached hydrogens (tertiary/aromatic N) is 2. The van der Waals surface area contributed by atoms with Crippen LogP contribution in [0.2, 0.25) is 0 Å². The van der Waals surface area contributed by atoms with Gasteiger partial charge in [-0.05, 0) is 24.8 Å². The van der Waals surface area contributed by atoms with Crippen LogP contribution in [0.1, 0.15) is 30.3 Å². The maximum atomic E-state index is 12.4. The highest BCUT2D eigenvalue weighted by Crippen LogP contribution is 2.22. The number of para-hydroxylation sites is 1. The molecule has 0 fully saturated rings. The molecule has 0 saturated heterocycles. The van der Waals surface area contributed by atoms with E-state index in [9.17, 15) is 14.4 Å². The van der Waals surface area contributed by atoms with Gasteiger partial charge >= 0.3 is 12.0 Å². The highest BCUT2D eigenvalue weighted by atomic mass is 32.2. The zero-order valence-corrected chi connectivity index (χ0v) is 16.0. The highest BCUT2D eigenvalue weighted by Gasteiger charge is 2.20. The van der Waals surface area contributed by atoms with E-state index in [1.807, 2.05) is 43.5 Å². The number of benzene rings is 1. The predicted octanol–water partition coefficient (Wildman–Crippen LogP) is 2.38. The molecule has 8 nitrogen and oxygen atoms in total. The predicted molar refractivity (Wildman–Crippen MR) is 102 cm³/mol. The van der Waals surface area contributed by atoms with Crippen LogP contribution in [0.25, 0.3) is 5.69 Å². The molecule has 2 N–H and O–H groups in total. The number of hydrogen-bond acceptors (Lipinski definition) is 6. The first kappa shape index (κ1) is 20.5. The zero-order valence-electron chi connectivity index (χ0n) is 15.2. The van der Waals surface area contributed by atoms with Gasteiger partial charge in [-0.15, -0.1) is 0 Å². The molecule has 1 aromatic carbocycles. The fourth-order valence-electron chi connectivity index (χ4n) is 2.24. The van der Waals surface area contributed by atoms with Crippen LogP contribution >= 0.6 is 11.8 Å². The van der Waals surface area contributed by atoms with Crippen molar-refractivity contribution in [2.24, 2.45) is 0 Å². The van der Waals surface area contributed by atoms with Crippen LogP contribution in [0.3, 0.4) is 0 Å². The topological polar surface area (TPSA) is 102 Å². The van der Waals surface area contributed by atoms with E-state index >= 15 is 0 Å². The molecule has 144 valence electrons. The Bertz CT molecular complexity index is 792. The minimum absolute atomic E-state index is 0.200. The number of amides is 3. The Morgan fingerprint density at radius 3 is 2.63 bits per heavy atom. The highest BCUT2D eigenvalue weighted by molar-refractivity contribution is 7.98. The van der Waals surface area contributed by atoms with Crippen molar-refractivity contribution in [1.29, 1.82) is 0 Å². The molecule has 2 rings (SSSR count). The summed E-state index contributed by atoms with van der Waals surface area (Å²) in [4.78, 5) is 39.9. The van der Waals surface area contributed by atoms with Crippen molar-refractivity contribution >= 4 is 29.7 Å². The van der Waals surface area contributed by atoms with E-state index in [1.165, 1.54) is 18.0 Å². The summed E-state index contributed by atoms with van der Waals surface area (Å²) in [6.45, 7) is 1.91. The molecule has 0 radical (unpaired) electrons. The van der Waals surface area contributed by atoms with Crippen molar-refractivity contribution < 1.29 is 19.1 Å². The Balaban J connectivity index is 1.98. The molecule has 0 aliphatic rings. The molecule has 0 saturated carbocycles. The molecular formula is C18H22N4O4S. The molecule has 0 unspecified atom stereocenters. The lowest BCUT2D eigenvalue weighted by Crippen LogP contribution is -2.41. The largest absolute Gasteiger partial charge is 0.451 e. The van der Waals surface area contributed by atoms with Crippen molar-refractivity contribution in [3.8, 4) is 5.69 Å². The van der Waals surface area contributed by atoms with E-state index in [0.717, 1.165) is 18.5 Å². The number of rotatable bonds is 8. The summed E-state index contributed by atoms with van der Waals surface area (Å²) in [5.41, 5.74) is 0.955. The van der Waals surface area contributed by atoms with E-state index in [2.05, 4.69) is 15.6 Å². The van der Waals surface area contributed by atoms with Gasteiger partial charge in [-0.3, -0.25) is 14.7 Å². The van der Waals surface area contributed by atoms with Crippen LogP contribution in [-0.2, 0) is 9.53 Å². The number of imidazole rings is 1. The Hall–Kier alpha value is -2.81. The third kappa shape index (κ3) is 5.85. The van der Waals surface area contributed by atoms with Crippen molar-refractivity contribution in [1.82, 2.24) is 20.2 Å². The smallest absolute Gasteiger partial charge is 0.357 e. The quantitative estimate of drug-likeness (QED) is 0.408. The van der Waals surface area contributed by atoms with Crippen LogP contribution < -0.4 is 10.6 Å². The molecule has 0 bridgehead atoms. The van der Waals surface area contributed by atoms with E-state index in [1.54, 1.807) is 4.57 Å². The van der Waals surface area contributed by atoms with Crippen molar-refractivity contribution in [3.63, 3.8) is 0 Å². The number of thioether (sulfide) groups is 1. The van der Waals surface area contributed by atoms with E-state index in [0.29, 0.717) is 11.7 Å². The summed E-state index contributed by atoms with van der Waals surface area (Å²) in [6, 6.07) is 8.63. The van der Waals surface area contributed by atoms with Gasteiger partial charge in [-0.25, -0.2) is 14.6 Å². The van der Waals surface area contributed by atoms with Gasteiger partial charge < -0.3 is 10.1 Å². The molecule has 0 spiro atoms. The molecule has 1 aromatic heterocycles. The van der Waals surface area contributed by atoms with Gasteiger partial charge in [0.2, 0.25) is 0 Å². The SMILES string of the molecule is CCCCNC(=O)NC(=O)COC(=O)c1cnc(SC)n1-c1ccccc1. The first-order valence-electron chi connectivity index (χ1n) is 8.48. The fraction of sp³-hybridized carbons (Fsp3) is 0.333. The van der Waals surface area contributed by atoms with Gasteiger partial charge in [-0.2, -0.15) is 0 Å². The summed E-state index contributed by atoms with van der Waals surface area (Å²) >= 11 is 1.38. The summed E-state index contributed by atoms with van der Waals surface area (Å²) in [6.07, 6.45) is 4.99. The molecule has 0 atom stereocenters. The molecular weight excluding hydrogens is 368 g/mol. The van der Waals surface area contributed by atoms with Crippen LogP contribution in [0, 0.1) is 0 Å². The van der Waals surface area contributed by atoms with Gasteiger partial charge in [0.15, 0.2) is 17.5 Å². The number of hydrogen-bond donors (Lipinski definition) is 2.